The number of hydrogen-bond acceptors (Lipinski definition) is 4. The summed E-state index contributed by atoms with van der Waals surface area (Å²) in [5.41, 5.74) is 1.95. The van der Waals surface area contributed by atoms with Crippen LogP contribution in [0.5, 0.6) is 0 Å². The number of piperidine rings is 2. The highest BCUT2D eigenvalue weighted by atomic mass is 16.3. The summed E-state index contributed by atoms with van der Waals surface area (Å²) in [5.74, 6) is 0.105. The second kappa shape index (κ2) is 10.5. The van der Waals surface area contributed by atoms with E-state index in [1.54, 1.807) is 0 Å². The Labute approximate surface area is 182 Å². The smallest absolute Gasteiger partial charge is 0.234 e. The van der Waals surface area contributed by atoms with Crippen LogP contribution in [0.4, 0.5) is 0 Å². The SMILES string of the molecule is C=C(/C=C(C)/C=C(\C)C1(O)CCN(CC)CC1C1CC1)C1CCC(=O)NC1=O.CC. The van der Waals surface area contributed by atoms with Gasteiger partial charge in [0.25, 0.3) is 0 Å². The van der Waals surface area contributed by atoms with Crippen LogP contribution < -0.4 is 5.32 Å². The highest BCUT2D eigenvalue weighted by molar-refractivity contribution is 6.00. The molecule has 2 amide bonds. The van der Waals surface area contributed by atoms with Gasteiger partial charge in [0.15, 0.2) is 0 Å². The summed E-state index contributed by atoms with van der Waals surface area (Å²) in [5, 5.41) is 14.0. The number of nitrogens with zero attached hydrogens (tertiary/aromatic N) is 1. The fourth-order valence-electron chi connectivity index (χ4n) is 4.80. The van der Waals surface area contributed by atoms with E-state index in [-0.39, 0.29) is 17.7 Å². The van der Waals surface area contributed by atoms with E-state index >= 15 is 0 Å². The van der Waals surface area contributed by atoms with Gasteiger partial charge in [-0.3, -0.25) is 14.9 Å². The second-order valence-corrected chi connectivity index (χ2v) is 8.81. The number of carbonyl (C=O) groups is 2. The van der Waals surface area contributed by atoms with Crippen molar-refractivity contribution in [3.63, 3.8) is 0 Å². The third kappa shape index (κ3) is 5.70. The lowest BCUT2D eigenvalue weighted by atomic mass is 9.73. The number of likely N-dealkylation sites (tertiary alicyclic amines) is 1. The fourth-order valence-corrected chi connectivity index (χ4v) is 4.80. The maximum atomic E-state index is 12.1. The topological polar surface area (TPSA) is 69.6 Å². The molecule has 0 aromatic heterocycles. The molecule has 0 aromatic rings. The molecule has 3 rings (SSSR count). The van der Waals surface area contributed by atoms with Crippen molar-refractivity contribution in [3.05, 3.63) is 35.5 Å². The summed E-state index contributed by atoms with van der Waals surface area (Å²) < 4.78 is 0. The maximum absolute atomic E-state index is 12.1. The van der Waals surface area contributed by atoms with E-state index in [0.717, 1.165) is 42.8 Å². The summed E-state index contributed by atoms with van der Waals surface area (Å²) in [7, 11) is 0. The molecule has 3 atom stereocenters. The first kappa shape index (κ1) is 24.5. The standard InChI is InChI=1S/C23H34N2O3.C2H6/c1-5-25-11-10-23(28,20(14-25)18-6-7-18)17(4)13-15(2)12-16(3)19-8-9-21(26)24-22(19)27;1-2/h12-13,18-20,28H,3,5-11,14H2,1-2,4H3,(H,24,26,27);1-2H3/b15-12+,17-13+;. The molecule has 2 heterocycles. The van der Waals surface area contributed by atoms with Crippen LogP contribution in [-0.4, -0.2) is 47.1 Å². The fraction of sp³-hybridized carbons (Fsp3) is 0.680. The lowest BCUT2D eigenvalue weighted by Gasteiger charge is -2.45. The van der Waals surface area contributed by atoms with Crippen LogP contribution in [0.3, 0.4) is 0 Å². The van der Waals surface area contributed by atoms with Crippen LogP contribution in [0.2, 0.25) is 0 Å². The minimum absolute atomic E-state index is 0.211. The molecule has 3 unspecified atom stereocenters. The van der Waals surface area contributed by atoms with Crippen molar-refractivity contribution in [2.45, 2.75) is 72.3 Å². The summed E-state index contributed by atoms with van der Waals surface area (Å²) in [4.78, 5) is 25.8. The molecule has 3 aliphatic rings. The van der Waals surface area contributed by atoms with Gasteiger partial charge in [-0.05, 0) is 63.1 Å². The van der Waals surface area contributed by atoms with Crippen LogP contribution in [0.25, 0.3) is 0 Å². The van der Waals surface area contributed by atoms with Gasteiger partial charge in [-0.1, -0.05) is 45.1 Å². The van der Waals surface area contributed by atoms with Crippen molar-refractivity contribution in [1.82, 2.24) is 10.2 Å². The third-order valence-corrected chi connectivity index (χ3v) is 6.74. The Balaban J connectivity index is 0.00000155. The molecule has 2 saturated heterocycles. The molecule has 5 heteroatoms. The molecule has 5 nitrogen and oxygen atoms in total. The molecule has 2 aliphatic heterocycles. The van der Waals surface area contributed by atoms with E-state index in [9.17, 15) is 14.7 Å². The molecule has 1 saturated carbocycles. The maximum Gasteiger partial charge on any atom is 0.234 e. The van der Waals surface area contributed by atoms with Gasteiger partial charge in [-0.2, -0.15) is 0 Å². The number of carbonyl (C=O) groups excluding carboxylic acids is 2. The van der Waals surface area contributed by atoms with E-state index in [2.05, 4.69) is 23.7 Å². The molecule has 30 heavy (non-hydrogen) atoms. The molecular formula is C25H40N2O3. The normalized spacial score (nSPS) is 31.0. The first-order valence-electron chi connectivity index (χ1n) is 11.6. The average Bonchev–Trinajstić information content (AvgIpc) is 3.54. The predicted molar refractivity (Wildman–Crippen MR) is 122 cm³/mol. The van der Waals surface area contributed by atoms with E-state index in [1.165, 1.54) is 12.8 Å². The Morgan fingerprint density at radius 1 is 1.23 bits per heavy atom. The molecule has 2 N–H and O–H groups in total. The zero-order valence-electron chi connectivity index (χ0n) is 19.5. The lowest BCUT2D eigenvalue weighted by Crippen LogP contribution is -2.53. The van der Waals surface area contributed by atoms with Gasteiger partial charge in [0.05, 0.1) is 11.5 Å². The zero-order valence-corrected chi connectivity index (χ0v) is 19.5. The van der Waals surface area contributed by atoms with Crippen LogP contribution in [0, 0.1) is 17.8 Å². The lowest BCUT2D eigenvalue weighted by molar-refractivity contribution is -0.135. The Morgan fingerprint density at radius 3 is 2.47 bits per heavy atom. The number of amides is 2. The van der Waals surface area contributed by atoms with Crippen LogP contribution in [-0.2, 0) is 9.59 Å². The molecule has 0 aromatic carbocycles. The van der Waals surface area contributed by atoms with Gasteiger partial charge in [-0.25, -0.2) is 0 Å². The van der Waals surface area contributed by atoms with Crippen molar-refractivity contribution >= 4 is 11.8 Å². The summed E-state index contributed by atoms with van der Waals surface area (Å²) >= 11 is 0. The van der Waals surface area contributed by atoms with Gasteiger partial charge < -0.3 is 10.0 Å². The predicted octanol–water partition coefficient (Wildman–Crippen LogP) is 4.00. The highest BCUT2D eigenvalue weighted by Gasteiger charge is 2.49. The van der Waals surface area contributed by atoms with Gasteiger partial charge in [0.1, 0.15) is 0 Å². The van der Waals surface area contributed by atoms with Crippen molar-refractivity contribution < 1.29 is 14.7 Å². The van der Waals surface area contributed by atoms with E-state index in [1.807, 2.05) is 39.8 Å². The molecular weight excluding hydrogens is 376 g/mol. The Morgan fingerprint density at radius 2 is 1.90 bits per heavy atom. The number of rotatable bonds is 6. The van der Waals surface area contributed by atoms with Gasteiger partial charge in [0, 0.05) is 25.4 Å². The molecule has 0 radical (unpaired) electrons. The van der Waals surface area contributed by atoms with Crippen molar-refractivity contribution in [2.24, 2.45) is 17.8 Å². The molecule has 3 fully saturated rings. The van der Waals surface area contributed by atoms with E-state index in [4.69, 9.17) is 0 Å². The first-order valence-corrected chi connectivity index (χ1v) is 11.6. The number of imide groups is 1. The van der Waals surface area contributed by atoms with Crippen LogP contribution in [0.1, 0.15) is 66.7 Å². The monoisotopic (exact) mass is 416 g/mol. The molecule has 168 valence electrons. The first-order chi connectivity index (χ1) is 14.2. The van der Waals surface area contributed by atoms with Gasteiger partial charge in [-0.15, -0.1) is 0 Å². The molecule has 1 aliphatic carbocycles. The third-order valence-electron chi connectivity index (χ3n) is 6.74. The van der Waals surface area contributed by atoms with Crippen molar-refractivity contribution in [2.75, 3.05) is 19.6 Å². The van der Waals surface area contributed by atoms with Crippen molar-refractivity contribution in [1.29, 1.82) is 0 Å². The Bertz CT molecular complexity index is 720. The quantitative estimate of drug-likeness (QED) is 0.507. The second-order valence-electron chi connectivity index (χ2n) is 8.81. The Kier molecular flexibility index (Phi) is 8.62. The summed E-state index contributed by atoms with van der Waals surface area (Å²) in [6.45, 7) is 17.2. The van der Waals surface area contributed by atoms with Crippen LogP contribution in [0.15, 0.2) is 35.5 Å². The minimum atomic E-state index is -0.752. The van der Waals surface area contributed by atoms with Crippen LogP contribution >= 0.6 is 0 Å². The summed E-state index contributed by atoms with van der Waals surface area (Å²) in [6, 6.07) is 0. The number of nitrogens with one attached hydrogen (secondary N) is 1. The average molecular weight is 417 g/mol. The summed E-state index contributed by atoms with van der Waals surface area (Å²) in [6.07, 6.45) is 8.04. The van der Waals surface area contributed by atoms with Gasteiger partial charge >= 0.3 is 0 Å². The highest BCUT2D eigenvalue weighted by Crippen LogP contribution is 2.48. The van der Waals surface area contributed by atoms with E-state index in [0.29, 0.717) is 24.7 Å². The molecule has 0 spiro atoms. The van der Waals surface area contributed by atoms with Crippen molar-refractivity contribution in [3.8, 4) is 0 Å². The van der Waals surface area contributed by atoms with E-state index < -0.39 is 5.60 Å². The minimum Gasteiger partial charge on any atom is -0.385 e. The van der Waals surface area contributed by atoms with Gasteiger partial charge in [0.2, 0.25) is 11.8 Å². The molecule has 0 bridgehead atoms. The number of allylic oxidation sites excluding steroid dienone is 3. The Hall–Kier alpha value is -1.72. The number of aliphatic hydroxyl groups is 1. The largest absolute Gasteiger partial charge is 0.385 e. The number of hydrogen-bond donors (Lipinski definition) is 2. The zero-order chi connectivity index (χ0) is 22.5.